The first-order chi connectivity index (χ1) is 9.58. The molecule has 0 bridgehead atoms. The van der Waals surface area contributed by atoms with Gasteiger partial charge in [0.15, 0.2) is 5.75 Å². The third kappa shape index (κ3) is 3.62. The van der Waals surface area contributed by atoms with E-state index in [1.807, 2.05) is 0 Å². The van der Waals surface area contributed by atoms with Gasteiger partial charge in [0.1, 0.15) is 0 Å². The van der Waals surface area contributed by atoms with Crippen LogP contribution in [0.1, 0.15) is 11.1 Å². The number of rotatable bonds is 3. The van der Waals surface area contributed by atoms with Crippen LogP contribution in [0.25, 0.3) is 0 Å². The van der Waals surface area contributed by atoms with Crippen molar-refractivity contribution in [3.8, 4) is 5.75 Å². The Morgan fingerprint density at radius 1 is 1.00 bits per heavy atom. The highest BCUT2D eigenvalue weighted by molar-refractivity contribution is 7.86. The molecule has 1 radical (unpaired) electrons. The Balaban J connectivity index is 3.58. The summed E-state index contributed by atoms with van der Waals surface area (Å²) in [6.45, 7) is 1.01. The van der Waals surface area contributed by atoms with Gasteiger partial charge in [-0.1, -0.05) is 6.07 Å². The SMILES string of the molecule is Cc1[c]c(OS(C)(=O)=O)cc(C(F)(C(F)(F)F)C(F)(F)F)c1. The molecule has 125 valence electrons. The summed E-state index contributed by atoms with van der Waals surface area (Å²) in [6.07, 6.45) is -12.1. The van der Waals surface area contributed by atoms with E-state index in [9.17, 15) is 39.2 Å². The lowest BCUT2D eigenvalue weighted by atomic mass is 9.92. The number of alkyl halides is 7. The van der Waals surface area contributed by atoms with Crippen LogP contribution in [-0.4, -0.2) is 27.0 Å². The molecule has 11 heteroatoms. The quantitative estimate of drug-likeness (QED) is 0.618. The van der Waals surface area contributed by atoms with Crippen LogP contribution in [-0.2, 0) is 15.8 Å². The minimum absolute atomic E-state index is 0.00493. The van der Waals surface area contributed by atoms with Gasteiger partial charge in [-0.2, -0.15) is 34.8 Å². The van der Waals surface area contributed by atoms with E-state index in [2.05, 4.69) is 10.2 Å². The van der Waals surface area contributed by atoms with E-state index in [0.717, 1.165) is 6.92 Å². The fraction of sp³-hybridized carbons (Fsp3) is 0.455. The van der Waals surface area contributed by atoms with Crippen molar-refractivity contribution in [3.63, 3.8) is 0 Å². The third-order valence-corrected chi connectivity index (χ3v) is 2.88. The molecule has 0 aliphatic carbocycles. The van der Waals surface area contributed by atoms with Gasteiger partial charge in [-0.3, -0.25) is 0 Å². The monoisotopic (exact) mass is 353 g/mol. The predicted octanol–water partition coefficient (Wildman–Crippen LogP) is 3.42. The summed E-state index contributed by atoms with van der Waals surface area (Å²) < 4.78 is 116. The van der Waals surface area contributed by atoms with Crippen molar-refractivity contribution in [3.05, 3.63) is 29.3 Å². The molecule has 3 nitrogen and oxygen atoms in total. The average molecular weight is 353 g/mol. The van der Waals surface area contributed by atoms with Crippen molar-refractivity contribution in [1.82, 2.24) is 0 Å². The molecule has 0 aliphatic heterocycles. The molecule has 1 aromatic carbocycles. The van der Waals surface area contributed by atoms with Crippen molar-refractivity contribution in [2.75, 3.05) is 6.26 Å². The first kappa shape index (κ1) is 18.5. The van der Waals surface area contributed by atoms with Crippen LogP contribution in [0.4, 0.5) is 30.7 Å². The smallest absolute Gasteiger partial charge is 0.382 e. The second-order valence-electron chi connectivity index (χ2n) is 4.36. The number of hydrogen-bond acceptors (Lipinski definition) is 3. The van der Waals surface area contributed by atoms with Crippen LogP contribution in [0.2, 0.25) is 0 Å². The van der Waals surface area contributed by atoms with Crippen LogP contribution in [0, 0.1) is 13.0 Å². The highest BCUT2D eigenvalue weighted by Gasteiger charge is 2.73. The summed E-state index contributed by atoms with van der Waals surface area (Å²) in [6, 6.07) is 2.33. The Bertz CT molecular complexity index is 647. The summed E-state index contributed by atoms with van der Waals surface area (Å²) in [7, 11) is -4.24. The zero-order valence-electron chi connectivity index (χ0n) is 10.9. The zero-order valence-corrected chi connectivity index (χ0v) is 11.7. The van der Waals surface area contributed by atoms with Crippen LogP contribution in [0.15, 0.2) is 12.1 Å². The molecular formula is C11H8F7O3S. The normalized spacial score (nSPS) is 14.0. The van der Waals surface area contributed by atoms with Crippen molar-refractivity contribution in [1.29, 1.82) is 0 Å². The van der Waals surface area contributed by atoms with Gasteiger partial charge >= 0.3 is 28.1 Å². The lowest BCUT2D eigenvalue weighted by molar-refractivity contribution is -0.348. The van der Waals surface area contributed by atoms with Crippen LogP contribution >= 0.6 is 0 Å². The third-order valence-electron chi connectivity index (χ3n) is 2.40. The van der Waals surface area contributed by atoms with Crippen molar-refractivity contribution < 1.29 is 43.3 Å². The molecule has 0 unspecified atom stereocenters. The summed E-state index contributed by atoms with van der Waals surface area (Å²) in [4.78, 5) is 0. The Hall–Kier alpha value is -1.52. The van der Waals surface area contributed by atoms with Crippen molar-refractivity contribution in [2.24, 2.45) is 0 Å². The topological polar surface area (TPSA) is 43.4 Å². The van der Waals surface area contributed by atoms with E-state index in [1.54, 1.807) is 0 Å². The molecule has 22 heavy (non-hydrogen) atoms. The van der Waals surface area contributed by atoms with Crippen LogP contribution < -0.4 is 4.18 Å². The molecule has 0 spiro atoms. The van der Waals surface area contributed by atoms with Gasteiger partial charge in [0.2, 0.25) is 0 Å². The van der Waals surface area contributed by atoms with Gasteiger partial charge in [-0.05, 0) is 18.6 Å². The number of aryl methyl sites for hydroxylation is 1. The molecule has 0 heterocycles. The van der Waals surface area contributed by atoms with E-state index in [1.165, 1.54) is 0 Å². The maximum atomic E-state index is 13.9. The second kappa shape index (κ2) is 5.28. The predicted molar refractivity (Wildman–Crippen MR) is 60.4 cm³/mol. The molecule has 0 atom stereocenters. The van der Waals surface area contributed by atoms with E-state index >= 15 is 0 Å². The summed E-state index contributed by atoms with van der Waals surface area (Å²) in [5, 5.41) is 0. The van der Waals surface area contributed by atoms with E-state index in [4.69, 9.17) is 0 Å². The standard InChI is InChI=1S/C11H8F7O3S/c1-6-3-7(5-8(4-6)21-22(2,19)20)9(12,10(13,14)15)11(16,17)18/h3,5H,1-2H3. The van der Waals surface area contributed by atoms with Gasteiger partial charge in [-0.25, -0.2) is 4.39 Å². The summed E-state index contributed by atoms with van der Waals surface area (Å²) in [5.74, 6) is -0.979. The number of halogens is 7. The highest BCUT2D eigenvalue weighted by Crippen LogP contribution is 2.53. The Kier molecular flexibility index (Phi) is 4.45. The first-order valence-corrected chi connectivity index (χ1v) is 7.16. The molecule has 0 aromatic heterocycles. The summed E-state index contributed by atoms with van der Waals surface area (Å²) >= 11 is 0. The zero-order chi connectivity index (χ0) is 17.6. The number of hydrogen-bond donors (Lipinski definition) is 0. The van der Waals surface area contributed by atoms with Crippen molar-refractivity contribution in [2.45, 2.75) is 24.9 Å². The largest absolute Gasteiger partial charge is 0.435 e. The van der Waals surface area contributed by atoms with Crippen molar-refractivity contribution >= 4 is 10.1 Å². The lowest BCUT2D eigenvalue weighted by Gasteiger charge is -2.30. The van der Waals surface area contributed by atoms with Gasteiger partial charge in [-0.15, -0.1) is 0 Å². The second-order valence-corrected chi connectivity index (χ2v) is 5.93. The molecule has 0 aliphatic rings. The first-order valence-electron chi connectivity index (χ1n) is 5.34. The van der Waals surface area contributed by atoms with Crippen LogP contribution in [0.5, 0.6) is 5.75 Å². The van der Waals surface area contributed by atoms with E-state index < -0.39 is 39.5 Å². The Labute approximate surface area is 120 Å². The van der Waals surface area contributed by atoms with Crippen LogP contribution in [0.3, 0.4) is 0 Å². The van der Waals surface area contributed by atoms with E-state index in [-0.39, 0.29) is 17.7 Å². The molecular weight excluding hydrogens is 345 g/mol. The minimum Gasteiger partial charge on any atom is -0.382 e. The lowest BCUT2D eigenvalue weighted by Crippen LogP contribution is -2.50. The molecule has 0 fully saturated rings. The molecule has 0 saturated heterocycles. The molecule has 0 N–H and O–H groups in total. The van der Waals surface area contributed by atoms with Gasteiger partial charge in [0, 0.05) is 11.6 Å². The van der Waals surface area contributed by atoms with E-state index in [0.29, 0.717) is 6.26 Å². The van der Waals surface area contributed by atoms with Gasteiger partial charge in [0.05, 0.1) is 6.26 Å². The summed E-state index contributed by atoms with van der Waals surface area (Å²) in [5.41, 5.74) is -7.88. The molecule has 0 saturated carbocycles. The van der Waals surface area contributed by atoms with Gasteiger partial charge in [0.25, 0.3) is 0 Å². The average Bonchev–Trinajstić information content (AvgIpc) is 2.21. The molecule has 1 rings (SSSR count). The molecule has 1 aromatic rings. The minimum atomic E-state index is -6.30. The highest BCUT2D eigenvalue weighted by atomic mass is 32.2. The Morgan fingerprint density at radius 3 is 1.82 bits per heavy atom. The molecule has 0 amide bonds. The maximum Gasteiger partial charge on any atom is 0.435 e. The fourth-order valence-corrected chi connectivity index (χ4v) is 1.99. The number of benzene rings is 1. The maximum absolute atomic E-state index is 13.9. The Morgan fingerprint density at radius 2 is 1.45 bits per heavy atom. The van der Waals surface area contributed by atoms with Gasteiger partial charge < -0.3 is 4.18 Å². The fourth-order valence-electron chi connectivity index (χ4n) is 1.58.